The first-order valence-electron chi connectivity index (χ1n) is 6.99. The van der Waals surface area contributed by atoms with Gasteiger partial charge in [-0.25, -0.2) is 4.79 Å². The van der Waals surface area contributed by atoms with Crippen molar-refractivity contribution in [2.24, 2.45) is 0 Å². The maximum absolute atomic E-state index is 11.4. The second-order valence-corrected chi connectivity index (χ2v) is 5.02. The van der Waals surface area contributed by atoms with E-state index >= 15 is 0 Å². The molecule has 0 saturated carbocycles. The zero-order chi connectivity index (χ0) is 15.5. The zero-order valence-electron chi connectivity index (χ0n) is 12.5. The lowest BCUT2D eigenvalue weighted by Crippen LogP contribution is -2.01. The summed E-state index contributed by atoms with van der Waals surface area (Å²) in [7, 11) is 1.37. The van der Waals surface area contributed by atoms with E-state index in [0.717, 1.165) is 27.8 Å². The average Bonchev–Trinajstić information content (AvgIpc) is 2.56. The molecule has 1 heterocycles. The number of aryl methyl sites for hydroxylation is 1. The minimum absolute atomic E-state index is 0.337. The van der Waals surface area contributed by atoms with Gasteiger partial charge in [-0.05, 0) is 42.8 Å². The van der Waals surface area contributed by atoms with Crippen molar-refractivity contribution in [1.82, 2.24) is 4.98 Å². The van der Waals surface area contributed by atoms with E-state index in [4.69, 9.17) is 4.74 Å². The van der Waals surface area contributed by atoms with Crippen molar-refractivity contribution < 1.29 is 9.53 Å². The van der Waals surface area contributed by atoms with Crippen LogP contribution < -0.4 is 5.32 Å². The lowest BCUT2D eigenvalue weighted by molar-refractivity contribution is 0.0601. The number of ether oxygens (including phenoxy) is 1. The van der Waals surface area contributed by atoms with Gasteiger partial charge in [0.1, 0.15) is 0 Å². The Morgan fingerprint density at radius 2 is 1.86 bits per heavy atom. The molecule has 0 aliphatic rings. The Kier molecular flexibility index (Phi) is 3.74. The van der Waals surface area contributed by atoms with E-state index in [9.17, 15) is 4.79 Å². The number of carbonyl (C=O) groups is 1. The van der Waals surface area contributed by atoms with Gasteiger partial charge in [-0.15, -0.1) is 0 Å². The molecule has 0 spiro atoms. The van der Waals surface area contributed by atoms with Crippen molar-refractivity contribution in [3.63, 3.8) is 0 Å². The molecule has 0 saturated heterocycles. The molecule has 1 aromatic heterocycles. The number of methoxy groups -OCH3 is 1. The minimum Gasteiger partial charge on any atom is -0.465 e. The first kappa shape index (κ1) is 14.1. The van der Waals surface area contributed by atoms with Gasteiger partial charge in [0.25, 0.3) is 0 Å². The summed E-state index contributed by atoms with van der Waals surface area (Å²) in [4.78, 5) is 15.9. The van der Waals surface area contributed by atoms with Crippen LogP contribution in [0.1, 0.15) is 15.9 Å². The van der Waals surface area contributed by atoms with Crippen LogP contribution in [0.3, 0.4) is 0 Å². The SMILES string of the molecule is COC(=O)c1ccc(Nc2ccnc3c(C)cccc23)cc1. The molecule has 0 atom stereocenters. The summed E-state index contributed by atoms with van der Waals surface area (Å²) in [6, 6.07) is 15.2. The molecule has 0 amide bonds. The van der Waals surface area contributed by atoms with Gasteiger partial charge < -0.3 is 10.1 Å². The standard InChI is InChI=1S/C18H16N2O2/c1-12-4-3-5-15-16(10-11-19-17(12)15)20-14-8-6-13(7-9-14)18(21)22-2/h3-11H,1-2H3,(H,19,20). The molecule has 22 heavy (non-hydrogen) atoms. The van der Waals surface area contributed by atoms with Crippen molar-refractivity contribution in [3.05, 3.63) is 65.9 Å². The van der Waals surface area contributed by atoms with Gasteiger partial charge in [-0.1, -0.05) is 18.2 Å². The summed E-state index contributed by atoms with van der Waals surface area (Å²) in [5.41, 5.74) is 4.55. The molecule has 0 bridgehead atoms. The second kappa shape index (κ2) is 5.85. The molecule has 0 fully saturated rings. The Morgan fingerprint density at radius 1 is 1.09 bits per heavy atom. The molecular weight excluding hydrogens is 276 g/mol. The largest absolute Gasteiger partial charge is 0.465 e. The Hall–Kier alpha value is -2.88. The molecule has 3 aromatic rings. The van der Waals surface area contributed by atoms with E-state index in [2.05, 4.69) is 10.3 Å². The normalized spacial score (nSPS) is 10.5. The Labute approximate surface area is 128 Å². The Morgan fingerprint density at radius 3 is 2.59 bits per heavy atom. The summed E-state index contributed by atoms with van der Waals surface area (Å²) >= 11 is 0. The lowest BCUT2D eigenvalue weighted by Gasteiger charge is -2.11. The van der Waals surface area contributed by atoms with E-state index in [1.165, 1.54) is 7.11 Å². The monoisotopic (exact) mass is 292 g/mol. The fraction of sp³-hybridized carbons (Fsp3) is 0.111. The van der Waals surface area contributed by atoms with Crippen molar-refractivity contribution in [2.75, 3.05) is 12.4 Å². The van der Waals surface area contributed by atoms with E-state index in [1.807, 2.05) is 43.3 Å². The van der Waals surface area contributed by atoms with Gasteiger partial charge in [0.05, 0.1) is 18.2 Å². The maximum Gasteiger partial charge on any atom is 0.337 e. The van der Waals surface area contributed by atoms with Crippen molar-refractivity contribution >= 4 is 28.2 Å². The van der Waals surface area contributed by atoms with Crippen LogP contribution in [-0.4, -0.2) is 18.1 Å². The fourth-order valence-corrected chi connectivity index (χ4v) is 2.40. The summed E-state index contributed by atoms with van der Waals surface area (Å²) in [5.74, 6) is -0.337. The Balaban J connectivity index is 1.93. The summed E-state index contributed by atoms with van der Waals surface area (Å²) in [6.45, 7) is 2.05. The molecule has 1 N–H and O–H groups in total. The van der Waals surface area contributed by atoms with Crippen LogP contribution in [0.5, 0.6) is 0 Å². The topological polar surface area (TPSA) is 51.2 Å². The number of nitrogens with zero attached hydrogens (tertiary/aromatic N) is 1. The van der Waals surface area contributed by atoms with Crippen LogP contribution in [0.4, 0.5) is 11.4 Å². The molecule has 0 aliphatic carbocycles. The smallest absolute Gasteiger partial charge is 0.337 e. The number of hydrogen-bond acceptors (Lipinski definition) is 4. The highest BCUT2D eigenvalue weighted by Crippen LogP contribution is 2.26. The minimum atomic E-state index is -0.337. The van der Waals surface area contributed by atoms with Gasteiger partial charge in [0.15, 0.2) is 0 Å². The highest BCUT2D eigenvalue weighted by atomic mass is 16.5. The van der Waals surface area contributed by atoms with Crippen LogP contribution in [0, 0.1) is 6.92 Å². The van der Waals surface area contributed by atoms with Crippen molar-refractivity contribution in [2.45, 2.75) is 6.92 Å². The molecule has 0 unspecified atom stereocenters. The molecule has 110 valence electrons. The molecule has 0 aliphatic heterocycles. The quantitative estimate of drug-likeness (QED) is 0.739. The highest BCUT2D eigenvalue weighted by molar-refractivity contribution is 5.95. The predicted octanol–water partition coefficient (Wildman–Crippen LogP) is 4.07. The predicted molar refractivity (Wildman–Crippen MR) is 87.5 cm³/mol. The number of hydrogen-bond donors (Lipinski definition) is 1. The first-order valence-corrected chi connectivity index (χ1v) is 6.99. The van der Waals surface area contributed by atoms with E-state index < -0.39 is 0 Å². The van der Waals surface area contributed by atoms with Crippen molar-refractivity contribution in [1.29, 1.82) is 0 Å². The van der Waals surface area contributed by atoms with Crippen LogP contribution in [0.2, 0.25) is 0 Å². The molecule has 4 nitrogen and oxygen atoms in total. The molecule has 4 heteroatoms. The molecule has 2 aromatic carbocycles. The van der Waals surface area contributed by atoms with Crippen LogP contribution in [-0.2, 0) is 4.74 Å². The number of pyridine rings is 1. The van der Waals surface area contributed by atoms with Gasteiger partial charge in [0, 0.05) is 23.0 Å². The molecule has 0 radical (unpaired) electrons. The van der Waals surface area contributed by atoms with Crippen LogP contribution >= 0.6 is 0 Å². The number of fused-ring (bicyclic) bond motifs is 1. The highest BCUT2D eigenvalue weighted by Gasteiger charge is 2.06. The van der Waals surface area contributed by atoms with Gasteiger partial charge in [-0.2, -0.15) is 0 Å². The van der Waals surface area contributed by atoms with E-state index in [1.54, 1.807) is 18.3 Å². The van der Waals surface area contributed by atoms with Crippen molar-refractivity contribution in [3.8, 4) is 0 Å². The Bertz CT molecular complexity index is 826. The van der Waals surface area contributed by atoms with Crippen LogP contribution in [0.25, 0.3) is 10.9 Å². The zero-order valence-corrected chi connectivity index (χ0v) is 12.5. The average molecular weight is 292 g/mol. The third-order valence-corrected chi connectivity index (χ3v) is 3.56. The number of aromatic nitrogens is 1. The maximum atomic E-state index is 11.4. The lowest BCUT2D eigenvalue weighted by atomic mass is 10.1. The molecular formula is C18H16N2O2. The van der Waals surface area contributed by atoms with Gasteiger partial charge in [0.2, 0.25) is 0 Å². The summed E-state index contributed by atoms with van der Waals surface area (Å²) < 4.78 is 4.70. The summed E-state index contributed by atoms with van der Waals surface area (Å²) in [6.07, 6.45) is 1.79. The number of carbonyl (C=O) groups excluding carboxylic acids is 1. The third-order valence-electron chi connectivity index (χ3n) is 3.56. The third kappa shape index (κ3) is 2.63. The number of esters is 1. The fourth-order valence-electron chi connectivity index (χ4n) is 2.40. The van der Waals surface area contributed by atoms with E-state index in [0.29, 0.717) is 5.56 Å². The number of nitrogens with one attached hydrogen (secondary N) is 1. The number of anilines is 2. The van der Waals surface area contributed by atoms with Crippen LogP contribution in [0.15, 0.2) is 54.7 Å². The number of benzene rings is 2. The number of para-hydroxylation sites is 1. The molecule has 3 rings (SSSR count). The van der Waals surface area contributed by atoms with Gasteiger partial charge in [-0.3, -0.25) is 4.98 Å². The first-order chi connectivity index (χ1) is 10.7. The van der Waals surface area contributed by atoms with Gasteiger partial charge >= 0.3 is 5.97 Å². The summed E-state index contributed by atoms with van der Waals surface area (Å²) in [5, 5.41) is 4.44. The second-order valence-electron chi connectivity index (χ2n) is 5.02. The van der Waals surface area contributed by atoms with E-state index in [-0.39, 0.29) is 5.97 Å². The number of rotatable bonds is 3.